The van der Waals surface area contributed by atoms with E-state index < -0.39 is 0 Å². The summed E-state index contributed by atoms with van der Waals surface area (Å²) in [6, 6.07) is 11.7. The number of hydrazine groups is 1. The van der Waals surface area contributed by atoms with Gasteiger partial charge in [-0.3, -0.25) is 20.4 Å². The van der Waals surface area contributed by atoms with Gasteiger partial charge in [0.1, 0.15) is 0 Å². The summed E-state index contributed by atoms with van der Waals surface area (Å²) in [4.78, 5) is 33.9. The Labute approximate surface area is 140 Å². The topological polar surface area (TPSA) is 87.2 Å². The molecule has 0 saturated carbocycles. The van der Waals surface area contributed by atoms with Gasteiger partial charge >= 0.3 is 0 Å². The maximum Gasteiger partial charge on any atom is 0.243 e. The molecule has 1 saturated heterocycles. The summed E-state index contributed by atoms with van der Waals surface area (Å²) in [5, 5.41) is 0. The Morgan fingerprint density at radius 3 is 2.67 bits per heavy atom. The molecule has 3 rings (SSSR count). The van der Waals surface area contributed by atoms with E-state index in [1.54, 1.807) is 23.4 Å². The number of anilines is 1. The van der Waals surface area contributed by atoms with Gasteiger partial charge in [0.25, 0.3) is 0 Å². The van der Waals surface area contributed by atoms with Crippen LogP contribution < -0.4 is 10.9 Å². The molecule has 2 N–H and O–H groups in total. The maximum atomic E-state index is 12.2. The monoisotopic (exact) mass is 325 g/mol. The third-order valence-corrected chi connectivity index (χ3v) is 3.96. The van der Waals surface area contributed by atoms with Crippen LogP contribution in [0.3, 0.4) is 0 Å². The van der Waals surface area contributed by atoms with Crippen molar-refractivity contribution in [3.63, 3.8) is 0 Å². The normalized spacial score (nSPS) is 16.9. The first-order chi connectivity index (χ1) is 11.7. The number of likely N-dealkylation sites (tertiary alicyclic amines) is 1. The van der Waals surface area contributed by atoms with Gasteiger partial charge < -0.3 is 4.90 Å². The lowest BCUT2D eigenvalue weighted by Gasteiger charge is -2.16. The van der Waals surface area contributed by atoms with E-state index in [1.165, 1.54) is 5.56 Å². The molecule has 7 heteroatoms. The molecule has 124 valence electrons. The molecule has 1 fully saturated rings. The second-order valence-corrected chi connectivity index (χ2v) is 5.66. The second-order valence-electron chi connectivity index (χ2n) is 5.66. The van der Waals surface area contributed by atoms with Gasteiger partial charge in [-0.15, -0.1) is 0 Å². The zero-order chi connectivity index (χ0) is 16.8. The Morgan fingerprint density at radius 1 is 1.17 bits per heavy atom. The number of hydrogen-bond acceptors (Lipinski definition) is 5. The standard InChI is InChI=1S/C17H19N5O2/c23-15-11-14(16(24)20-21-17-18-8-4-9-19-17)12-22(15)10-7-13-5-2-1-3-6-13/h1-6,8-9,14H,7,10-12H2,(H,20,24)(H,18,19,21). The van der Waals surface area contributed by atoms with E-state index in [-0.39, 0.29) is 24.2 Å². The molecule has 1 aromatic carbocycles. The number of nitrogens with one attached hydrogen (secondary N) is 2. The lowest BCUT2D eigenvalue weighted by Crippen LogP contribution is -2.37. The van der Waals surface area contributed by atoms with Crippen molar-refractivity contribution in [2.75, 3.05) is 18.5 Å². The summed E-state index contributed by atoms with van der Waals surface area (Å²) >= 11 is 0. The zero-order valence-corrected chi connectivity index (χ0v) is 13.2. The van der Waals surface area contributed by atoms with Gasteiger partial charge in [-0.25, -0.2) is 9.97 Å². The first kappa shape index (κ1) is 15.9. The van der Waals surface area contributed by atoms with Crippen molar-refractivity contribution in [3.8, 4) is 0 Å². The lowest BCUT2D eigenvalue weighted by atomic mass is 10.1. The number of aromatic nitrogens is 2. The van der Waals surface area contributed by atoms with Crippen molar-refractivity contribution in [1.82, 2.24) is 20.3 Å². The Bertz CT molecular complexity index is 693. The zero-order valence-electron chi connectivity index (χ0n) is 13.2. The van der Waals surface area contributed by atoms with Crippen molar-refractivity contribution >= 4 is 17.8 Å². The molecule has 24 heavy (non-hydrogen) atoms. The summed E-state index contributed by atoms with van der Waals surface area (Å²) in [7, 11) is 0. The summed E-state index contributed by atoms with van der Waals surface area (Å²) in [6.07, 6.45) is 4.17. The van der Waals surface area contributed by atoms with Crippen LogP contribution >= 0.6 is 0 Å². The van der Waals surface area contributed by atoms with E-state index in [9.17, 15) is 9.59 Å². The number of hydrogen-bond donors (Lipinski definition) is 2. The van der Waals surface area contributed by atoms with Crippen molar-refractivity contribution in [2.24, 2.45) is 5.92 Å². The molecule has 1 aliphatic rings. The molecule has 1 aliphatic heterocycles. The average Bonchev–Trinajstić information content (AvgIpc) is 3.00. The highest BCUT2D eigenvalue weighted by Gasteiger charge is 2.34. The van der Waals surface area contributed by atoms with Gasteiger partial charge in [-0.1, -0.05) is 30.3 Å². The highest BCUT2D eigenvalue weighted by Crippen LogP contribution is 2.18. The van der Waals surface area contributed by atoms with Crippen LogP contribution in [-0.4, -0.2) is 39.8 Å². The molecule has 1 atom stereocenters. The molecule has 0 spiro atoms. The third kappa shape index (κ3) is 4.07. The van der Waals surface area contributed by atoms with Crippen LogP contribution in [0.5, 0.6) is 0 Å². The SMILES string of the molecule is O=C(NNc1ncccn1)C1CC(=O)N(CCc2ccccc2)C1. The summed E-state index contributed by atoms with van der Waals surface area (Å²) < 4.78 is 0. The number of rotatable bonds is 6. The highest BCUT2D eigenvalue weighted by atomic mass is 16.2. The van der Waals surface area contributed by atoms with Crippen molar-refractivity contribution in [2.45, 2.75) is 12.8 Å². The third-order valence-electron chi connectivity index (χ3n) is 3.96. The number of carbonyl (C=O) groups is 2. The Kier molecular flexibility index (Phi) is 5.00. The average molecular weight is 325 g/mol. The van der Waals surface area contributed by atoms with Crippen LogP contribution in [0.2, 0.25) is 0 Å². The molecule has 2 heterocycles. The molecule has 1 aromatic heterocycles. The van der Waals surface area contributed by atoms with Crippen molar-refractivity contribution in [3.05, 3.63) is 54.4 Å². The molecule has 0 aliphatic carbocycles. The lowest BCUT2D eigenvalue weighted by molar-refractivity contribution is -0.128. The molecule has 1 unspecified atom stereocenters. The number of amides is 2. The van der Waals surface area contributed by atoms with E-state index in [4.69, 9.17) is 0 Å². The van der Waals surface area contributed by atoms with E-state index in [0.29, 0.717) is 19.0 Å². The second kappa shape index (κ2) is 7.54. The van der Waals surface area contributed by atoms with Crippen LogP contribution in [0.15, 0.2) is 48.8 Å². The van der Waals surface area contributed by atoms with Crippen LogP contribution in [0.1, 0.15) is 12.0 Å². The molecular formula is C17H19N5O2. The Hall–Kier alpha value is -2.96. The van der Waals surface area contributed by atoms with Gasteiger partial charge in [-0.2, -0.15) is 0 Å². The van der Waals surface area contributed by atoms with E-state index >= 15 is 0 Å². The first-order valence-corrected chi connectivity index (χ1v) is 7.87. The predicted molar refractivity (Wildman–Crippen MR) is 88.6 cm³/mol. The predicted octanol–water partition coefficient (Wildman–Crippen LogP) is 1.01. The number of benzene rings is 1. The number of carbonyl (C=O) groups excluding carboxylic acids is 2. The van der Waals surface area contributed by atoms with Gasteiger partial charge in [0.2, 0.25) is 17.8 Å². The molecular weight excluding hydrogens is 306 g/mol. The number of nitrogens with zero attached hydrogens (tertiary/aromatic N) is 3. The molecule has 0 bridgehead atoms. The van der Waals surface area contributed by atoms with Crippen LogP contribution in [0.4, 0.5) is 5.95 Å². The summed E-state index contributed by atoms with van der Waals surface area (Å²) in [6.45, 7) is 1.07. The van der Waals surface area contributed by atoms with E-state index in [1.807, 2.05) is 30.3 Å². The smallest absolute Gasteiger partial charge is 0.243 e. The van der Waals surface area contributed by atoms with Crippen molar-refractivity contribution < 1.29 is 9.59 Å². The first-order valence-electron chi connectivity index (χ1n) is 7.87. The molecule has 2 aromatic rings. The van der Waals surface area contributed by atoms with Gasteiger partial charge in [0.15, 0.2) is 0 Å². The Balaban J connectivity index is 1.48. The quantitative estimate of drug-likeness (QED) is 0.774. The van der Waals surface area contributed by atoms with E-state index in [2.05, 4.69) is 20.8 Å². The summed E-state index contributed by atoms with van der Waals surface area (Å²) in [5.41, 5.74) is 6.40. The van der Waals surface area contributed by atoms with Crippen LogP contribution in [0.25, 0.3) is 0 Å². The highest BCUT2D eigenvalue weighted by molar-refractivity contribution is 5.89. The minimum absolute atomic E-state index is 0.0158. The molecule has 2 amide bonds. The van der Waals surface area contributed by atoms with Gasteiger partial charge in [-0.05, 0) is 18.1 Å². The van der Waals surface area contributed by atoms with Crippen LogP contribution in [-0.2, 0) is 16.0 Å². The molecule has 7 nitrogen and oxygen atoms in total. The fraction of sp³-hybridized carbons (Fsp3) is 0.294. The summed E-state index contributed by atoms with van der Waals surface area (Å²) in [5.74, 6) is -0.249. The fourth-order valence-electron chi connectivity index (χ4n) is 2.66. The largest absolute Gasteiger partial charge is 0.342 e. The fourth-order valence-corrected chi connectivity index (χ4v) is 2.66. The van der Waals surface area contributed by atoms with Crippen LogP contribution in [0, 0.1) is 5.92 Å². The Morgan fingerprint density at radius 2 is 1.92 bits per heavy atom. The van der Waals surface area contributed by atoms with Crippen molar-refractivity contribution in [1.29, 1.82) is 0 Å². The maximum absolute atomic E-state index is 12.2. The minimum atomic E-state index is -0.357. The van der Waals surface area contributed by atoms with Gasteiger partial charge in [0.05, 0.1) is 5.92 Å². The van der Waals surface area contributed by atoms with Gasteiger partial charge in [0, 0.05) is 31.9 Å². The molecule has 0 radical (unpaired) electrons. The minimum Gasteiger partial charge on any atom is -0.342 e. The van der Waals surface area contributed by atoms with E-state index in [0.717, 1.165) is 6.42 Å².